The van der Waals surface area contributed by atoms with Crippen LogP contribution in [-0.2, 0) is 0 Å². The molecule has 0 aliphatic carbocycles. The Hall–Kier alpha value is -2.87. The van der Waals surface area contributed by atoms with Crippen molar-refractivity contribution in [3.63, 3.8) is 0 Å². The van der Waals surface area contributed by atoms with E-state index in [9.17, 15) is 9.18 Å². The predicted octanol–water partition coefficient (Wildman–Crippen LogP) is 2.53. The highest BCUT2D eigenvalue weighted by Crippen LogP contribution is 2.17. The number of nitrogens with zero attached hydrogens (tertiary/aromatic N) is 1. The highest BCUT2D eigenvalue weighted by atomic mass is 19.1. The smallest absolute Gasteiger partial charge is 0.255 e. The van der Waals surface area contributed by atoms with Gasteiger partial charge in [0.15, 0.2) is 0 Å². The molecular weight excluding hydrogens is 245 g/mol. The Bertz CT molecular complexity index is 677. The predicted molar refractivity (Wildman–Crippen MR) is 69.9 cm³/mol. The number of carbonyl (C=O) groups excluding carboxylic acids is 1. The molecule has 0 unspecified atom stereocenters. The number of rotatable bonds is 2. The van der Waals surface area contributed by atoms with Gasteiger partial charge in [-0.1, -0.05) is 12.1 Å². The summed E-state index contributed by atoms with van der Waals surface area (Å²) >= 11 is 0. The average molecular weight is 255 g/mol. The molecule has 19 heavy (non-hydrogen) atoms. The van der Waals surface area contributed by atoms with Crippen LogP contribution in [0.2, 0.25) is 0 Å². The lowest BCUT2D eigenvalue weighted by atomic mass is 10.1. The number of anilines is 2. The van der Waals surface area contributed by atoms with Crippen LogP contribution in [0.1, 0.15) is 15.9 Å². The standard InChI is InChI=1S/C14H10FN3O/c15-11-7-9(5-6-12(11)17)14(19)18-13-4-2-1-3-10(13)8-16/h1-7H,17H2,(H,18,19). The third-order valence-electron chi connectivity index (χ3n) is 2.56. The Morgan fingerprint density at radius 1 is 1.26 bits per heavy atom. The minimum atomic E-state index is -0.652. The number of benzene rings is 2. The van der Waals surface area contributed by atoms with Gasteiger partial charge in [-0.2, -0.15) is 5.26 Å². The lowest BCUT2D eigenvalue weighted by Crippen LogP contribution is -2.13. The van der Waals surface area contributed by atoms with E-state index in [1.54, 1.807) is 24.3 Å². The lowest BCUT2D eigenvalue weighted by Gasteiger charge is -2.07. The molecule has 0 bridgehead atoms. The van der Waals surface area contributed by atoms with Crippen molar-refractivity contribution in [2.75, 3.05) is 11.1 Å². The number of nitrogens with one attached hydrogen (secondary N) is 1. The van der Waals surface area contributed by atoms with Gasteiger partial charge in [0.1, 0.15) is 11.9 Å². The quantitative estimate of drug-likeness (QED) is 0.809. The number of hydrogen-bond donors (Lipinski definition) is 2. The Labute approximate surface area is 109 Å². The largest absolute Gasteiger partial charge is 0.396 e. The number of amides is 1. The first-order chi connectivity index (χ1) is 9.11. The van der Waals surface area contributed by atoms with E-state index in [4.69, 9.17) is 11.0 Å². The molecule has 0 atom stereocenters. The van der Waals surface area contributed by atoms with Crippen LogP contribution in [0.3, 0.4) is 0 Å². The summed E-state index contributed by atoms with van der Waals surface area (Å²) in [6.07, 6.45) is 0. The third kappa shape index (κ3) is 2.69. The molecule has 0 spiro atoms. The van der Waals surface area contributed by atoms with Crippen LogP contribution in [0.15, 0.2) is 42.5 Å². The summed E-state index contributed by atoms with van der Waals surface area (Å²) in [6, 6.07) is 12.3. The van der Waals surface area contributed by atoms with E-state index >= 15 is 0 Å². The number of halogens is 1. The fraction of sp³-hybridized carbons (Fsp3) is 0. The molecule has 2 rings (SSSR count). The maximum Gasteiger partial charge on any atom is 0.255 e. The lowest BCUT2D eigenvalue weighted by molar-refractivity contribution is 0.102. The summed E-state index contributed by atoms with van der Waals surface area (Å²) in [5.41, 5.74) is 6.18. The summed E-state index contributed by atoms with van der Waals surface area (Å²) in [4.78, 5) is 11.9. The Balaban J connectivity index is 2.26. The fourth-order valence-electron chi connectivity index (χ4n) is 1.55. The van der Waals surface area contributed by atoms with Gasteiger partial charge in [0.25, 0.3) is 5.91 Å². The highest BCUT2D eigenvalue weighted by molar-refractivity contribution is 6.05. The zero-order chi connectivity index (χ0) is 13.8. The molecule has 0 saturated heterocycles. The van der Waals surface area contributed by atoms with Crippen molar-refractivity contribution < 1.29 is 9.18 Å². The number of nitriles is 1. The minimum Gasteiger partial charge on any atom is -0.396 e. The van der Waals surface area contributed by atoms with Gasteiger partial charge in [0.05, 0.1) is 16.9 Å². The molecule has 2 aromatic carbocycles. The topological polar surface area (TPSA) is 78.9 Å². The Kier molecular flexibility index (Phi) is 3.44. The minimum absolute atomic E-state index is 0.0195. The van der Waals surface area contributed by atoms with E-state index < -0.39 is 11.7 Å². The van der Waals surface area contributed by atoms with Crippen molar-refractivity contribution in [2.24, 2.45) is 0 Å². The summed E-state index contributed by atoms with van der Waals surface area (Å²) in [5.74, 6) is -1.15. The molecule has 0 radical (unpaired) electrons. The van der Waals surface area contributed by atoms with Gasteiger partial charge in [0.2, 0.25) is 0 Å². The normalized spacial score (nSPS) is 9.68. The van der Waals surface area contributed by atoms with E-state index in [0.717, 1.165) is 6.07 Å². The second-order valence-corrected chi connectivity index (χ2v) is 3.85. The van der Waals surface area contributed by atoms with Gasteiger partial charge in [-0.25, -0.2) is 4.39 Å². The van der Waals surface area contributed by atoms with Gasteiger partial charge < -0.3 is 11.1 Å². The molecule has 0 aliphatic rings. The summed E-state index contributed by atoms with van der Waals surface area (Å²) in [5, 5.41) is 11.5. The van der Waals surface area contributed by atoms with Crippen LogP contribution in [-0.4, -0.2) is 5.91 Å². The Morgan fingerprint density at radius 3 is 2.68 bits per heavy atom. The third-order valence-corrected chi connectivity index (χ3v) is 2.56. The number of carbonyl (C=O) groups is 1. The van der Waals surface area contributed by atoms with Crippen molar-refractivity contribution in [1.29, 1.82) is 5.26 Å². The average Bonchev–Trinajstić information content (AvgIpc) is 2.42. The van der Waals surface area contributed by atoms with Gasteiger partial charge in [0, 0.05) is 5.56 Å². The molecule has 4 nitrogen and oxygen atoms in total. The summed E-state index contributed by atoms with van der Waals surface area (Å²) in [7, 11) is 0. The van der Waals surface area contributed by atoms with Gasteiger partial charge in [-0.05, 0) is 30.3 Å². The Morgan fingerprint density at radius 2 is 2.00 bits per heavy atom. The summed E-state index contributed by atoms with van der Waals surface area (Å²) in [6.45, 7) is 0. The maximum atomic E-state index is 13.3. The monoisotopic (exact) mass is 255 g/mol. The van der Waals surface area contributed by atoms with E-state index in [0.29, 0.717) is 11.3 Å². The molecular formula is C14H10FN3O. The molecule has 0 aromatic heterocycles. The van der Waals surface area contributed by atoms with Crippen LogP contribution < -0.4 is 11.1 Å². The van der Waals surface area contributed by atoms with E-state index in [1.165, 1.54) is 12.1 Å². The molecule has 0 saturated carbocycles. The molecule has 1 amide bonds. The SMILES string of the molecule is N#Cc1ccccc1NC(=O)c1ccc(N)c(F)c1. The van der Waals surface area contributed by atoms with Gasteiger partial charge in [-0.3, -0.25) is 4.79 Å². The maximum absolute atomic E-state index is 13.3. The molecule has 0 fully saturated rings. The van der Waals surface area contributed by atoms with Crippen LogP contribution in [0.4, 0.5) is 15.8 Å². The van der Waals surface area contributed by atoms with Crippen LogP contribution >= 0.6 is 0 Å². The number of nitrogen functional groups attached to an aromatic ring is 1. The highest BCUT2D eigenvalue weighted by Gasteiger charge is 2.10. The van der Waals surface area contributed by atoms with Crippen molar-refractivity contribution in [1.82, 2.24) is 0 Å². The van der Waals surface area contributed by atoms with Crippen molar-refractivity contribution in [3.05, 3.63) is 59.4 Å². The van der Waals surface area contributed by atoms with E-state index in [2.05, 4.69) is 5.32 Å². The zero-order valence-electron chi connectivity index (χ0n) is 9.85. The molecule has 5 heteroatoms. The second-order valence-electron chi connectivity index (χ2n) is 3.85. The van der Waals surface area contributed by atoms with Gasteiger partial charge in [-0.15, -0.1) is 0 Å². The van der Waals surface area contributed by atoms with Crippen molar-refractivity contribution in [3.8, 4) is 6.07 Å². The first kappa shape index (κ1) is 12.6. The van der Waals surface area contributed by atoms with Crippen LogP contribution in [0.25, 0.3) is 0 Å². The molecule has 0 heterocycles. The van der Waals surface area contributed by atoms with Crippen LogP contribution in [0.5, 0.6) is 0 Å². The van der Waals surface area contributed by atoms with Crippen molar-refractivity contribution >= 4 is 17.3 Å². The first-order valence-electron chi connectivity index (χ1n) is 5.47. The number of nitrogens with two attached hydrogens (primary N) is 1. The van der Waals surface area contributed by atoms with Crippen molar-refractivity contribution in [2.45, 2.75) is 0 Å². The van der Waals surface area contributed by atoms with Crippen LogP contribution in [0, 0.1) is 17.1 Å². The van der Waals surface area contributed by atoms with E-state index in [-0.39, 0.29) is 11.3 Å². The number of hydrogen-bond acceptors (Lipinski definition) is 3. The molecule has 3 N–H and O–H groups in total. The first-order valence-corrected chi connectivity index (χ1v) is 5.47. The van der Waals surface area contributed by atoms with Gasteiger partial charge >= 0.3 is 0 Å². The second kappa shape index (κ2) is 5.19. The fourth-order valence-corrected chi connectivity index (χ4v) is 1.55. The van der Waals surface area contributed by atoms with E-state index in [1.807, 2.05) is 6.07 Å². The molecule has 2 aromatic rings. The summed E-state index contributed by atoms with van der Waals surface area (Å²) < 4.78 is 13.3. The molecule has 94 valence electrons. The molecule has 0 aliphatic heterocycles. The number of para-hydroxylation sites is 1. The zero-order valence-corrected chi connectivity index (χ0v) is 9.85.